The Bertz CT molecular complexity index is 673. The number of hydrogen-bond donors (Lipinski definition) is 2. The van der Waals surface area contributed by atoms with Crippen molar-refractivity contribution in [3.63, 3.8) is 0 Å². The third-order valence-electron chi connectivity index (χ3n) is 7.82. The summed E-state index contributed by atoms with van der Waals surface area (Å²) < 4.78 is 22.7. The summed E-state index contributed by atoms with van der Waals surface area (Å²) in [4.78, 5) is 24.3. The summed E-state index contributed by atoms with van der Waals surface area (Å²) in [6.07, 6.45) is 25.4. The summed E-state index contributed by atoms with van der Waals surface area (Å²) in [6.45, 7) is 4.36. The highest BCUT2D eigenvalue weighted by molar-refractivity contribution is 7.45. The number of nitrogens with one attached hydrogen (secondary N) is 1. The number of aliphatic hydroxyl groups excluding tert-OH is 1. The molecule has 0 fully saturated rings. The van der Waals surface area contributed by atoms with Crippen LogP contribution in [0.5, 0.6) is 0 Å². The van der Waals surface area contributed by atoms with Gasteiger partial charge < -0.3 is 28.8 Å². The van der Waals surface area contributed by atoms with Gasteiger partial charge in [-0.3, -0.25) is 9.36 Å². The van der Waals surface area contributed by atoms with E-state index in [1.54, 1.807) is 0 Å². The number of likely N-dealkylation sites (N-methyl/N-ethyl adjacent to an activating group) is 1. The average molecular weight is 621 g/mol. The van der Waals surface area contributed by atoms with Crippen molar-refractivity contribution in [3.05, 3.63) is 0 Å². The number of aliphatic hydroxyl groups is 1. The normalized spacial score (nSPS) is 14.9. The van der Waals surface area contributed by atoms with Crippen molar-refractivity contribution in [2.45, 2.75) is 167 Å². The van der Waals surface area contributed by atoms with Gasteiger partial charge in [0.2, 0.25) is 5.91 Å². The number of unbranched alkanes of at least 4 members (excludes halogenated alkanes) is 18. The summed E-state index contributed by atoms with van der Waals surface area (Å²) in [5.74, 6) is -0.218. The Labute approximate surface area is 259 Å². The lowest BCUT2D eigenvalue weighted by atomic mass is 10.0. The highest BCUT2D eigenvalue weighted by atomic mass is 31.2. The van der Waals surface area contributed by atoms with E-state index in [1.807, 2.05) is 28.1 Å². The molecule has 0 bridgehead atoms. The number of carbonyl (C=O) groups excluding carboxylic acids is 1. The van der Waals surface area contributed by atoms with Gasteiger partial charge in [-0.05, 0) is 12.8 Å². The largest absolute Gasteiger partial charge is 0.756 e. The Morgan fingerprint density at radius 1 is 0.738 bits per heavy atom. The van der Waals surface area contributed by atoms with Gasteiger partial charge in [0.15, 0.2) is 0 Å². The van der Waals surface area contributed by atoms with E-state index in [1.165, 1.54) is 103 Å². The zero-order valence-corrected chi connectivity index (χ0v) is 29.1. The van der Waals surface area contributed by atoms with E-state index in [4.69, 9.17) is 9.05 Å². The molecule has 0 aromatic carbocycles. The van der Waals surface area contributed by atoms with Crippen molar-refractivity contribution in [2.75, 3.05) is 40.9 Å². The van der Waals surface area contributed by atoms with Crippen molar-refractivity contribution < 1.29 is 32.9 Å². The van der Waals surface area contributed by atoms with Crippen LogP contribution in [-0.4, -0.2) is 68.5 Å². The molecule has 3 atom stereocenters. The summed E-state index contributed by atoms with van der Waals surface area (Å²) in [7, 11) is 1.30. The van der Waals surface area contributed by atoms with Crippen LogP contribution in [0, 0.1) is 0 Å². The highest BCUT2D eigenvalue weighted by Gasteiger charge is 2.24. The topological polar surface area (TPSA) is 108 Å². The molecule has 0 rings (SSSR count). The Morgan fingerprint density at radius 3 is 1.57 bits per heavy atom. The molecule has 0 aromatic heterocycles. The molecule has 42 heavy (non-hydrogen) atoms. The Hall–Kier alpha value is -0.500. The van der Waals surface area contributed by atoms with E-state index < -0.39 is 20.0 Å². The van der Waals surface area contributed by atoms with Crippen LogP contribution in [0.15, 0.2) is 0 Å². The lowest BCUT2D eigenvalue weighted by molar-refractivity contribution is -0.870. The van der Waals surface area contributed by atoms with E-state index in [0.29, 0.717) is 30.3 Å². The summed E-state index contributed by atoms with van der Waals surface area (Å²) in [5.41, 5.74) is 0. The van der Waals surface area contributed by atoms with Crippen LogP contribution in [-0.2, 0) is 18.4 Å². The zero-order valence-electron chi connectivity index (χ0n) is 28.2. The smallest absolute Gasteiger partial charge is 0.268 e. The van der Waals surface area contributed by atoms with Gasteiger partial charge in [0.25, 0.3) is 7.82 Å². The second-order valence-electron chi connectivity index (χ2n) is 13.2. The molecule has 0 heterocycles. The lowest BCUT2D eigenvalue weighted by Crippen LogP contribution is -2.46. The molecule has 0 spiro atoms. The van der Waals surface area contributed by atoms with Crippen LogP contribution in [0.25, 0.3) is 0 Å². The first-order valence-corrected chi connectivity index (χ1v) is 18.8. The van der Waals surface area contributed by atoms with Gasteiger partial charge >= 0.3 is 0 Å². The minimum absolute atomic E-state index is 0.0129. The van der Waals surface area contributed by atoms with Crippen molar-refractivity contribution >= 4 is 13.7 Å². The minimum Gasteiger partial charge on any atom is -0.756 e. The Kier molecular flexibility index (Phi) is 26.5. The quantitative estimate of drug-likeness (QED) is 0.0468. The van der Waals surface area contributed by atoms with Crippen molar-refractivity contribution in [1.82, 2.24) is 5.32 Å². The average Bonchev–Trinajstić information content (AvgIpc) is 2.91. The molecule has 2 N–H and O–H groups in total. The van der Waals surface area contributed by atoms with Gasteiger partial charge in [-0.25, -0.2) is 0 Å². The predicted molar refractivity (Wildman–Crippen MR) is 173 cm³/mol. The van der Waals surface area contributed by atoms with Crippen LogP contribution in [0.3, 0.4) is 0 Å². The molecule has 1 amide bonds. The second kappa shape index (κ2) is 26.9. The summed E-state index contributed by atoms with van der Waals surface area (Å²) >= 11 is 0. The van der Waals surface area contributed by atoms with E-state index in [0.717, 1.165) is 19.3 Å². The first-order chi connectivity index (χ1) is 20.0. The third kappa shape index (κ3) is 28.3. The maximum absolute atomic E-state index is 12.2. The molecule has 0 aliphatic heterocycles. The fourth-order valence-electron chi connectivity index (χ4n) is 5.02. The molecule has 9 heteroatoms. The molecule has 0 saturated carbocycles. The van der Waals surface area contributed by atoms with E-state index in [9.17, 15) is 19.4 Å². The molecular formula is C33H69N2O6P. The number of carbonyl (C=O) groups is 1. The van der Waals surface area contributed by atoms with Gasteiger partial charge in [0.05, 0.1) is 39.9 Å². The SMILES string of the molecule is CCCCCCCCCCCCCCCCCCCCCC(O)C(COP(=O)([O-])OCC[N+](C)(C)C)NC(=O)CCC. The van der Waals surface area contributed by atoms with Gasteiger partial charge in [0.1, 0.15) is 13.2 Å². The van der Waals surface area contributed by atoms with Gasteiger partial charge in [-0.15, -0.1) is 0 Å². The van der Waals surface area contributed by atoms with Crippen LogP contribution in [0.2, 0.25) is 0 Å². The number of phosphoric acid groups is 1. The van der Waals surface area contributed by atoms with Gasteiger partial charge in [-0.1, -0.05) is 136 Å². The molecule has 0 aromatic rings. The van der Waals surface area contributed by atoms with E-state index in [-0.39, 0.29) is 19.1 Å². The monoisotopic (exact) mass is 620 g/mol. The molecule has 0 radical (unpaired) electrons. The van der Waals surface area contributed by atoms with Crippen molar-refractivity contribution in [1.29, 1.82) is 0 Å². The number of quaternary nitrogens is 1. The zero-order chi connectivity index (χ0) is 31.5. The summed E-state index contributed by atoms with van der Waals surface area (Å²) in [6, 6.07) is -0.788. The molecule has 3 unspecified atom stereocenters. The predicted octanol–water partition coefficient (Wildman–Crippen LogP) is 7.66. The number of nitrogens with zero attached hydrogens (tertiary/aromatic N) is 1. The maximum atomic E-state index is 12.2. The number of hydrogen-bond acceptors (Lipinski definition) is 6. The van der Waals surface area contributed by atoms with Crippen molar-refractivity contribution in [2.24, 2.45) is 0 Å². The number of rotatable bonds is 31. The van der Waals surface area contributed by atoms with E-state index in [2.05, 4.69) is 12.2 Å². The van der Waals surface area contributed by atoms with Gasteiger partial charge in [0, 0.05) is 6.42 Å². The van der Waals surface area contributed by atoms with Crippen LogP contribution >= 0.6 is 7.82 Å². The molecule has 0 aliphatic rings. The standard InChI is InChI=1S/C33H69N2O6P/c1-6-8-9-10-11-12-13-14-15-16-17-18-19-20-21-22-23-24-25-27-32(36)31(34-33(37)26-7-2)30-41-42(38,39)40-29-28-35(3,4)5/h31-32,36H,6-30H2,1-5H3,(H-,34,37,38,39). The van der Waals surface area contributed by atoms with Crippen molar-refractivity contribution in [3.8, 4) is 0 Å². The van der Waals surface area contributed by atoms with Gasteiger partial charge in [-0.2, -0.15) is 0 Å². The molecule has 0 aliphatic carbocycles. The Balaban J connectivity index is 3.97. The molecule has 8 nitrogen and oxygen atoms in total. The number of phosphoric ester groups is 1. The second-order valence-corrected chi connectivity index (χ2v) is 14.6. The lowest BCUT2D eigenvalue weighted by Gasteiger charge is -2.30. The van der Waals surface area contributed by atoms with Crippen LogP contribution < -0.4 is 10.2 Å². The number of amides is 1. The molecular weight excluding hydrogens is 551 g/mol. The maximum Gasteiger partial charge on any atom is 0.268 e. The molecule has 0 saturated heterocycles. The van der Waals surface area contributed by atoms with Crippen LogP contribution in [0.1, 0.15) is 155 Å². The first-order valence-electron chi connectivity index (χ1n) is 17.4. The fraction of sp³-hybridized carbons (Fsp3) is 0.970. The third-order valence-corrected chi connectivity index (χ3v) is 8.78. The van der Waals surface area contributed by atoms with E-state index >= 15 is 0 Å². The summed E-state index contributed by atoms with van der Waals surface area (Å²) in [5, 5.41) is 13.5. The Morgan fingerprint density at radius 2 is 1.17 bits per heavy atom. The fourth-order valence-corrected chi connectivity index (χ4v) is 5.75. The van der Waals surface area contributed by atoms with Crippen LogP contribution in [0.4, 0.5) is 0 Å². The first kappa shape index (κ1) is 41.5. The highest BCUT2D eigenvalue weighted by Crippen LogP contribution is 2.38. The minimum atomic E-state index is -4.52. The molecule has 252 valence electrons.